The fraction of sp³-hybridized carbons (Fsp3) is 0.579. The molecule has 2 amide bonds. The number of likely N-dealkylation sites (tertiary alicyclic amines) is 1. The normalized spacial score (nSPS) is 26.6. The fourth-order valence-corrected chi connectivity index (χ4v) is 4.00. The number of hydrogen-bond acceptors (Lipinski definition) is 4. The van der Waals surface area contributed by atoms with Gasteiger partial charge in [0.1, 0.15) is 0 Å². The molecule has 0 radical (unpaired) electrons. The molecule has 2 aliphatic rings. The van der Waals surface area contributed by atoms with E-state index >= 15 is 0 Å². The lowest BCUT2D eigenvalue weighted by molar-refractivity contribution is -0.117. The zero-order chi connectivity index (χ0) is 18.0. The number of nitrogens with two attached hydrogens (primary N) is 2. The van der Waals surface area contributed by atoms with Gasteiger partial charge in [0.15, 0.2) is 0 Å². The molecule has 0 aliphatic carbocycles. The molecule has 3 rings (SSSR count). The summed E-state index contributed by atoms with van der Waals surface area (Å²) in [6.45, 7) is 3.58. The van der Waals surface area contributed by atoms with Crippen LogP contribution in [0.4, 0.5) is 5.69 Å². The van der Waals surface area contributed by atoms with E-state index in [4.69, 9.17) is 11.5 Å². The highest BCUT2D eigenvalue weighted by atomic mass is 16.2. The average molecular weight is 344 g/mol. The molecule has 136 valence electrons. The standard InChI is InChI=1S/C19H28N4O2/c1-12-3-2-10-23(17(12)8-9-20)19(25)14-5-7-16-13(11-14)4-6-15(21)18(24)22-16/h5,7,11-12,15,17H,2-4,6,8-10,20-21H2,1H3,(H,22,24). The SMILES string of the molecule is CC1CCCN(C(=O)c2ccc3c(c2)CCC(N)C(=O)N3)C1CCN. The number of aryl methyl sites for hydroxylation is 1. The van der Waals surface area contributed by atoms with Gasteiger partial charge in [-0.3, -0.25) is 9.59 Å². The molecule has 1 fully saturated rings. The third-order valence-electron chi connectivity index (χ3n) is 5.51. The maximum atomic E-state index is 13.1. The number of fused-ring (bicyclic) bond motifs is 1. The lowest BCUT2D eigenvalue weighted by Crippen LogP contribution is -2.48. The summed E-state index contributed by atoms with van der Waals surface area (Å²) in [5.74, 6) is 0.373. The number of piperidine rings is 1. The van der Waals surface area contributed by atoms with Crippen molar-refractivity contribution < 1.29 is 9.59 Å². The summed E-state index contributed by atoms with van der Waals surface area (Å²) in [6.07, 6.45) is 4.29. The van der Waals surface area contributed by atoms with Crippen molar-refractivity contribution in [2.24, 2.45) is 17.4 Å². The molecule has 5 N–H and O–H groups in total. The molecular formula is C19H28N4O2. The Balaban J connectivity index is 1.84. The van der Waals surface area contributed by atoms with Crippen LogP contribution in [0.25, 0.3) is 0 Å². The Kier molecular flexibility index (Phi) is 5.39. The lowest BCUT2D eigenvalue weighted by Gasteiger charge is -2.40. The van der Waals surface area contributed by atoms with E-state index in [-0.39, 0.29) is 17.9 Å². The highest BCUT2D eigenvalue weighted by Gasteiger charge is 2.32. The average Bonchev–Trinajstić information content (AvgIpc) is 2.75. The molecule has 0 aromatic heterocycles. The predicted octanol–water partition coefficient (Wildman–Crippen LogP) is 1.49. The predicted molar refractivity (Wildman–Crippen MR) is 98.3 cm³/mol. The number of amides is 2. The molecule has 6 nitrogen and oxygen atoms in total. The van der Waals surface area contributed by atoms with Crippen molar-refractivity contribution in [2.45, 2.75) is 51.1 Å². The summed E-state index contributed by atoms with van der Waals surface area (Å²) in [4.78, 5) is 27.0. The van der Waals surface area contributed by atoms with E-state index in [1.165, 1.54) is 0 Å². The molecular weight excluding hydrogens is 316 g/mol. The van der Waals surface area contributed by atoms with E-state index in [0.717, 1.165) is 37.1 Å². The summed E-state index contributed by atoms with van der Waals surface area (Å²) in [6, 6.07) is 5.25. The van der Waals surface area contributed by atoms with Crippen LogP contribution in [0.2, 0.25) is 0 Å². The molecule has 0 saturated carbocycles. The van der Waals surface area contributed by atoms with Crippen LogP contribution in [-0.2, 0) is 11.2 Å². The minimum Gasteiger partial charge on any atom is -0.335 e. The van der Waals surface area contributed by atoms with Crippen LogP contribution in [-0.4, -0.2) is 41.9 Å². The van der Waals surface area contributed by atoms with Crippen molar-refractivity contribution in [3.8, 4) is 0 Å². The Morgan fingerprint density at radius 2 is 2.16 bits per heavy atom. The van der Waals surface area contributed by atoms with Crippen molar-refractivity contribution in [2.75, 3.05) is 18.4 Å². The molecule has 0 spiro atoms. The van der Waals surface area contributed by atoms with Gasteiger partial charge in [-0.2, -0.15) is 0 Å². The van der Waals surface area contributed by atoms with Crippen LogP contribution in [0.1, 0.15) is 48.5 Å². The number of nitrogens with zero attached hydrogens (tertiary/aromatic N) is 1. The first-order chi connectivity index (χ1) is 12.0. The van der Waals surface area contributed by atoms with Crippen LogP contribution in [0.15, 0.2) is 18.2 Å². The molecule has 1 aromatic rings. The molecule has 1 saturated heterocycles. The number of nitrogens with one attached hydrogen (secondary N) is 1. The van der Waals surface area contributed by atoms with Crippen molar-refractivity contribution in [1.29, 1.82) is 0 Å². The van der Waals surface area contributed by atoms with Gasteiger partial charge in [-0.05, 0) is 68.3 Å². The largest absolute Gasteiger partial charge is 0.335 e. The molecule has 0 bridgehead atoms. The molecule has 1 aromatic carbocycles. The van der Waals surface area contributed by atoms with E-state index in [0.29, 0.717) is 30.9 Å². The summed E-state index contributed by atoms with van der Waals surface area (Å²) in [5, 5.41) is 2.85. The molecule has 3 unspecified atom stereocenters. The molecule has 6 heteroatoms. The first-order valence-electron chi connectivity index (χ1n) is 9.21. The minimum atomic E-state index is -0.497. The quantitative estimate of drug-likeness (QED) is 0.773. The molecule has 2 heterocycles. The Morgan fingerprint density at radius 3 is 2.92 bits per heavy atom. The monoisotopic (exact) mass is 344 g/mol. The third kappa shape index (κ3) is 3.70. The van der Waals surface area contributed by atoms with Gasteiger partial charge in [0.25, 0.3) is 5.91 Å². The maximum absolute atomic E-state index is 13.1. The van der Waals surface area contributed by atoms with Crippen LogP contribution in [0.5, 0.6) is 0 Å². The Bertz CT molecular complexity index is 661. The number of carbonyl (C=O) groups is 2. The number of rotatable bonds is 3. The van der Waals surface area contributed by atoms with E-state index in [1.54, 1.807) is 6.07 Å². The van der Waals surface area contributed by atoms with E-state index in [2.05, 4.69) is 12.2 Å². The van der Waals surface area contributed by atoms with Crippen LogP contribution in [0, 0.1) is 5.92 Å². The van der Waals surface area contributed by atoms with Gasteiger partial charge in [0, 0.05) is 23.8 Å². The van der Waals surface area contributed by atoms with Gasteiger partial charge in [-0.15, -0.1) is 0 Å². The minimum absolute atomic E-state index is 0.0627. The Labute approximate surface area is 148 Å². The van der Waals surface area contributed by atoms with Gasteiger partial charge in [0.2, 0.25) is 5.91 Å². The zero-order valence-corrected chi connectivity index (χ0v) is 14.8. The second-order valence-electron chi connectivity index (χ2n) is 7.27. The van der Waals surface area contributed by atoms with Crippen LogP contribution in [0.3, 0.4) is 0 Å². The number of hydrogen-bond donors (Lipinski definition) is 3. The highest BCUT2D eigenvalue weighted by molar-refractivity contribution is 5.98. The van der Waals surface area contributed by atoms with Gasteiger partial charge in [-0.25, -0.2) is 0 Å². The summed E-state index contributed by atoms with van der Waals surface area (Å²) < 4.78 is 0. The van der Waals surface area contributed by atoms with Crippen molar-refractivity contribution >= 4 is 17.5 Å². The Morgan fingerprint density at radius 1 is 1.36 bits per heavy atom. The lowest BCUT2D eigenvalue weighted by atomic mass is 9.88. The highest BCUT2D eigenvalue weighted by Crippen LogP contribution is 2.29. The van der Waals surface area contributed by atoms with Gasteiger partial charge < -0.3 is 21.7 Å². The second kappa shape index (κ2) is 7.54. The molecule has 2 aliphatic heterocycles. The Hall–Kier alpha value is -1.92. The second-order valence-corrected chi connectivity index (χ2v) is 7.27. The zero-order valence-electron chi connectivity index (χ0n) is 14.8. The molecule has 3 atom stereocenters. The van der Waals surface area contributed by atoms with E-state index in [9.17, 15) is 9.59 Å². The van der Waals surface area contributed by atoms with Crippen molar-refractivity contribution in [3.63, 3.8) is 0 Å². The van der Waals surface area contributed by atoms with E-state index < -0.39 is 6.04 Å². The van der Waals surface area contributed by atoms with Gasteiger partial charge in [-0.1, -0.05) is 6.92 Å². The fourth-order valence-electron chi connectivity index (χ4n) is 4.00. The van der Waals surface area contributed by atoms with Crippen molar-refractivity contribution in [3.05, 3.63) is 29.3 Å². The summed E-state index contributed by atoms with van der Waals surface area (Å²) in [5.41, 5.74) is 14.0. The first-order valence-corrected chi connectivity index (χ1v) is 9.21. The van der Waals surface area contributed by atoms with Crippen molar-refractivity contribution in [1.82, 2.24) is 4.90 Å². The number of carbonyl (C=O) groups excluding carboxylic acids is 2. The van der Waals surface area contributed by atoms with Gasteiger partial charge in [0.05, 0.1) is 6.04 Å². The van der Waals surface area contributed by atoms with Crippen LogP contribution < -0.4 is 16.8 Å². The number of benzene rings is 1. The number of anilines is 1. The summed E-state index contributed by atoms with van der Waals surface area (Å²) >= 11 is 0. The van der Waals surface area contributed by atoms with Gasteiger partial charge >= 0.3 is 0 Å². The summed E-state index contributed by atoms with van der Waals surface area (Å²) in [7, 11) is 0. The topological polar surface area (TPSA) is 101 Å². The smallest absolute Gasteiger partial charge is 0.254 e. The third-order valence-corrected chi connectivity index (χ3v) is 5.51. The van der Waals surface area contributed by atoms with E-state index in [1.807, 2.05) is 17.0 Å². The van der Waals surface area contributed by atoms with Crippen LogP contribution >= 0.6 is 0 Å². The molecule has 25 heavy (non-hydrogen) atoms. The maximum Gasteiger partial charge on any atom is 0.254 e. The first kappa shape index (κ1) is 17.9.